The molecule has 1 amide bonds. The Morgan fingerprint density at radius 1 is 1.36 bits per heavy atom. The number of nitrogens with one attached hydrogen (secondary N) is 1. The summed E-state index contributed by atoms with van der Waals surface area (Å²) in [7, 11) is 0. The standard InChI is InChI=1S/C24H26F4N2O3/c1-4-7-14-15(22(29)32)8-6-9-17(14)30-21-16-10-12(3)19(25)20(31)18(16)13(5-2)11-23(21,33)24(26,27)28/h4,6-10,13,21,30-31,33H,5,11H2,1-3H3,(H2,29,32)/b7-4-/t13?,21?,23-/m1/s1. The summed E-state index contributed by atoms with van der Waals surface area (Å²) < 4.78 is 57.4. The largest absolute Gasteiger partial charge is 0.505 e. The van der Waals surface area contributed by atoms with Gasteiger partial charge in [-0.05, 0) is 55.9 Å². The first-order chi connectivity index (χ1) is 15.4. The van der Waals surface area contributed by atoms with E-state index in [-0.39, 0.29) is 39.9 Å². The van der Waals surface area contributed by atoms with Crippen LogP contribution in [0.25, 0.3) is 6.08 Å². The van der Waals surface area contributed by atoms with E-state index in [1.54, 1.807) is 19.9 Å². The lowest BCUT2D eigenvalue weighted by molar-refractivity contribution is -0.272. The van der Waals surface area contributed by atoms with Crippen molar-refractivity contribution in [3.05, 3.63) is 64.0 Å². The van der Waals surface area contributed by atoms with Crippen molar-refractivity contribution >= 4 is 17.7 Å². The second-order valence-corrected chi connectivity index (χ2v) is 8.30. The van der Waals surface area contributed by atoms with Crippen LogP contribution in [0.3, 0.4) is 0 Å². The van der Waals surface area contributed by atoms with E-state index in [1.165, 1.54) is 37.3 Å². The van der Waals surface area contributed by atoms with Gasteiger partial charge in [-0.1, -0.05) is 31.2 Å². The van der Waals surface area contributed by atoms with Crippen LogP contribution in [0.15, 0.2) is 30.3 Å². The number of primary amides is 1. The van der Waals surface area contributed by atoms with Crippen molar-refractivity contribution in [3.63, 3.8) is 0 Å². The summed E-state index contributed by atoms with van der Waals surface area (Å²) in [5.41, 5.74) is 2.58. The first kappa shape index (κ1) is 24.6. The number of carbonyl (C=O) groups excluding carboxylic acids is 1. The predicted octanol–water partition coefficient (Wildman–Crippen LogP) is 5.32. The molecule has 2 aromatic carbocycles. The molecule has 0 aromatic heterocycles. The summed E-state index contributed by atoms with van der Waals surface area (Å²) in [6, 6.07) is 3.78. The van der Waals surface area contributed by atoms with Crippen LogP contribution in [0.2, 0.25) is 0 Å². The Hall–Kier alpha value is -3.07. The number of benzene rings is 2. The zero-order valence-corrected chi connectivity index (χ0v) is 18.4. The lowest BCUT2D eigenvalue weighted by Crippen LogP contribution is -2.55. The summed E-state index contributed by atoms with van der Waals surface area (Å²) in [6.07, 6.45) is -2.57. The molecule has 33 heavy (non-hydrogen) atoms. The Kier molecular flexibility index (Phi) is 6.48. The van der Waals surface area contributed by atoms with Gasteiger partial charge in [0, 0.05) is 22.4 Å². The van der Waals surface area contributed by atoms with Gasteiger partial charge >= 0.3 is 6.18 Å². The molecule has 3 atom stereocenters. The third-order valence-corrected chi connectivity index (χ3v) is 6.24. The molecule has 9 heteroatoms. The van der Waals surface area contributed by atoms with Crippen LogP contribution < -0.4 is 11.1 Å². The number of phenols is 1. The number of anilines is 1. The number of amides is 1. The maximum Gasteiger partial charge on any atom is 0.419 e. The second kappa shape index (κ2) is 8.70. The van der Waals surface area contributed by atoms with Crippen LogP contribution in [0.4, 0.5) is 23.2 Å². The molecule has 0 heterocycles. The first-order valence-corrected chi connectivity index (χ1v) is 10.5. The number of hydrogen-bond acceptors (Lipinski definition) is 4. The van der Waals surface area contributed by atoms with Crippen LogP contribution in [-0.2, 0) is 0 Å². The number of carbonyl (C=O) groups is 1. The highest BCUT2D eigenvalue weighted by atomic mass is 19.4. The first-order valence-electron chi connectivity index (χ1n) is 10.5. The number of hydrogen-bond donors (Lipinski definition) is 4. The predicted molar refractivity (Wildman–Crippen MR) is 117 cm³/mol. The Balaban J connectivity index is 2.31. The van der Waals surface area contributed by atoms with Crippen molar-refractivity contribution in [3.8, 4) is 5.75 Å². The number of rotatable bonds is 5. The number of phenolic OH excluding ortho intramolecular Hbond substituents is 1. The fourth-order valence-electron chi connectivity index (χ4n) is 4.57. The Morgan fingerprint density at radius 2 is 2.03 bits per heavy atom. The van der Waals surface area contributed by atoms with Crippen molar-refractivity contribution in [1.29, 1.82) is 0 Å². The van der Waals surface area contributed by atoms with Crippen LogP contribution in [0.5, 0.6) is 5.75 Å². The van der Waals surface area contributed by atoms with Crippen molar-refractivity contribution in [2.24, 2.45) is 5.73 Å². The van der Waals surface area contributed by atoms with Gasteiger partial charge in [0.25, 0.3) is 0 Å². The summed E-state index contributed by atoms with van der Waals surface area (Å²) >= 11 is 0. The molecule has 1 aliphatic rings. The molecule has 0 radical (unpaired) electrons. The number of alkyl halides is 3. The van der Waals surface area contributed by atoms with Crippen LogP contribution in [0, 0.1) is 12.7 Å². The van der Waals surface area contributed by atoms with Gasteiger partial charge in [0.2, 0.25) is 5.91 Å². The summed E-state index contributed by atoms with van der Waals surface area (Å²) in [5, 5.41) is 24.3. The lowest BCUT2D eigenvalue weighted by atomic mass is 9.68. The molecule has 0 aliphatic heterocycles. The minimum absolute atomic E-state index is 0.0330. The van der Waals surface area contributed by atoms with Gasteiger partial charge in [-0.3, -0.25) is 4.79 Å². The van der Waals surface area contributed by atoms with Gasteiger partial charge < -0.3 is 21.3 Å². The number of aryl methyl sites for hydroxylation is 1. The topological polar surface area (TPSA) is 95.6 Å². The van der Waals surface area contributed by atoms with E-state index in [9.17, 15) is 32.6 Å². The maximum absolute atomic E-state index is 14.5. The number of aromatic hydroxyl groups is 1. The van der Waals surface area contributed by atoms with Crippen molar-refractivity contribution in [2.45, 2.75) is 57.3 Å². The van der Waals surface area contributed by atoms with Crippen molar-refractivity contribution < 1.29 is 32.6 Å². The molecule has 1 aliphatic carbocycles. The molecule has 0 saturated carbocycles. The van der Waals surface area contributed by atoms with Gasteiger partial charge in [-0.2, -0.15) is 13.2 Å². The monoisotopic (exact) mass is 466 g/mol. The number of aliphatic hydroxyl groups is 1. The molecule has 3 rings (SSSR count). The minimum atomic E-state index is -5.05. The highest BCUT2D eigenvalue weighted by Gasteiger charge is 2.62. The van der Waals surface area contributed by atoms with Crippen molar-refractivity contribution in [2.75, 3.05) is 5.32 Å². The molecule has 2 aromatic rings. The number of halogens is 4. The zero-order valence-electron chi connectivity index (χ0n) is 18.4. The molecule has 5 nitrogen and oxygen atoms in total. The average Bonchev–Trinajstić information content (AvgIpc) is 2.74. The van der Waals surface area contributed by atoms with E-state index in [0.717, 1.165) is 0 Å². The molecule has 0 bridgehead atoms. The Bertz CT molecular complexity index is 1110. The highest BCUT2D eigenvalue weighted by molar-refractivity contribution is 5.98. The molecule has 0 fully saturated rings. The van der Waals surface area contributed by atoms with Gasteiger partial charge in [0.05, 0.1) is 6.04 Å². The van der Waals surface area contributed by atoms with Crippen LogP contribution in [0.1, 0.15) is 71.3 Å². The molecular weight excluding hydrogens is 440 g/mol. The number of allylic oxidation sites excluding steroid dienone is 1. The SMILES string of the molecule is C/C=C\c1c(NC2c3cc(C)c(F)c(O)c3C(CC)C[C@]2(O)C(F)(F)F)cccc1C(N)=O. The smallest absolute Gasteiger partial charge is 0.419 e. The Morgan fingerprint density at radius 3 is 2.58 bits per heavy atom. The highest BCUT2D eigenvalue weighted by Crippen LogP contribution is 2.55. The summed E-state index contributed by atoms with van der Waals surface area (Å²) in [4.78, 5) is 11.9. The molecule has 178 valence electrons. The van der Waals surface area contributed by atoms with Crippen LogP contribution in [-0.4, -0.2) is 27.9 Å². The fourth-order valence-corrected chi connectivity index (χ4v) is 4.57. The van der Waals surface area contributed by atoms with E-state index >= 15 is 0 Å². The Labute approximate surface area is 188 Å². The molecule has 0 saturated heterocycles. The lowest BCUT2D eigenvalue weighted by Gasteiger charge is -2.46. The van der Waals surface area contributed by atoms with E-state index in [4.69, 9.17) is 5.73 Å². The van der Waals surface area contributed by atoms with E-state index in [1.807, 2.05) is 0 Å². The number of nitrogens with two attached hydrogens (primary N) is 1. The number of fused-ring (bicyclic) bond motifs is 1. The maximum atomic E-state index is 14.5. The van der Waals surface area contributed by atoms with Gasteiger partial charge in [0.1, 0.15) is 0 Å². The second-order valence-electron chi connectivity index (χ2n) is 8.30. The van der Waals surface area contributed by atoms with Crippen LogP contribution >= 0.6 is 0 Å². The van der Waals surface area contributed by atoms with Gasteiger partial charge in [-0.25, -0.2) is 4.39 Å². The van der Waals surface area contributed by atoms with E-state index in [0.29, 0.717) is 0 Å². The molecule has 0 spiro atoms. The van der Waals surface area contributed by atoms with E-state index < -0.39 is 47.6 Å². The summed E-state index contributed by atoms with van der Waals surface area (Å²) in [6.45, 7) is 4.60. The fraction of sp³-hybridized carbons (Fsp3) is 0.375. The molecule has 2 unspecified atom stereocenters. The summed E-state index contributed by atoms with van der Waals surface area (Å²) in [5.74, 6) is -3.32. The minimum Gasteiger partial charge on any atom is -0.505 e. The third-order valence-electron chi connectivity index (χ3n) is 6.24. The molecular formula is C24H26F4N2O3. The average molecular weight is 466 g/mol. The quantitative estimate of drug-likeness (QED) is 0.449. The van der Waals surface area contributed by atoms with Gasteiger partial charge in [0.15, 0.2) is 17.2 Å². The third kappa shape index (κ3) is 4.06. The van der Waals surface area contributed by atoms with Crippen molar-refractivity contribution in [1.82, 2.24) is 0 Å². The zero-order chi connectivity index (χ0) is 24.7. The van der Waals surface area contributed by atoms with E-state index in [2.05, 4.69) is 5.32 Å². The van der Waals surface area contributed by atoms with Gasteiger partial charge in [-0.15, -0.1) is 0 Å². The molecule has 5 N–H and O–H groups in total. The normalized spacial score (nSPS) is 22.9.